The molecule has 2 aromatic rings. The summed E-state index contributed by atoms with van der Waals surface area (Å²) >= 11 is 0. The van der Waals surface area contributed by atoms with Crippen molar-refractivity contribution >= 4 is 15.9 Å². The van der Waals surface area contributed by atoms with Gasteiger partial charge in [-0.05, 0) is 49.7 Å². The fourth-order valence-electron chi connectivity index (χ4n) is 2.83. The van der Waals surface area contributed by atoms with Crippen LogP contribution in [0, 0.1) is 5.82 Å². The van der Waals surface area contributed by atoms with Gasteiger partial charge in [0.05, 0.1) is 16.0 Å². The maximum atomic E-state index is 14.2. The molecule has 0 spiro atoms. The first-order valence-electron chi connectivity index (χ1n) is 8.66. The van der Waals surface area contributed by atoms with Crippen LogP contribution in [0.15, 0.2) is 41.3 Å². The predicted molar refractivity (Wildman–Crippen MR) is 100 cm³/mol. The van der Waals surface area contributed by atoms with Crippen molar-refractivity contribution in [2.75, 3.05) is 13.3 Å². The van der Waals surface area contributed by atoms with Gasteiger partial charge in [-0.2, -0.15) is 0 Å². The monoisotopic (exact) mass is 408 g/mol. The number of amides is 1. The van der Waals surface area contributed by atoms with E-state index in [9.17, 15) is 17.6 Å². The normalized spacial score (nSPS) is 13.4. The largest absolute Gasteiger partial charge is 0.454 e. The number of fused-ring (bicyclic) bond motifs is 1. The van der Waals surface area contributed by atoms with E-state index in [2.05, 4.69) is 10.0 Å². The van der Waals surface area contributed by atoms with Crippen LogP contribution in [0.5, 0.6) is 11.5 Å². The molecule has 150 valence electrons. The Kier molecular flexibility index (Phi) is 5.31. The van der Waals surface area contributed by atoms with Gasteiger partial charge in [0.1, 0.15) is 5.82 Å². The first kappa shape index (κ1) is 20.1. The molecule has 1 heterocycles. The van der Waals surface area contributed by atoms with Gasteiger partial charge in [-0.15, -0.1) is 0 Å². The highest BCUT2D eigenvalue weighted by Gasteiger charge is 2.28. The fourth-order valence-corrected chi connectivity index (χ4v) is 3.89. The van der Waals surface area contributed by atoms with Gasteiger partial charge in [0, 0.05) is 6.54 Å². The number of halogens is 1. The van der Waals surface area contributed by atoms with Crippen molar-refractivity contribution in [2.24, 2.45) is 0 Å². The number of sulfonamides is 1. The molecular weight excluding hydrogens is 387 g/mol. The van der Waals surface area contributed by atoms with Crippen molar-refractivity contribution in [2.45, 2.75) is 31.2 Å². The molecule has 0 aliphatic carbocycles. The van der Waals surface area contributed by atoms with E-state index in [-0.39, 0.29) is 23.8 Å². The molecule has 2 N–H and O–H groups in total. The number of rotatable bonds is 6. The highest BCUT2D eigenvalue weighted by atomic mass is 32.2. The van der Waals surface area contributed by atoms with Gasteiger partial charge in [-0.1, -0.05) is 13.0 Å². The van der Waals surface area contributed by atoms with Crippen LogP contribution in [0.2, 0.25) is 0 Å². The summed E-state index contributed by atoms with van der Waals surface area (Å²) in [5.41, 5.74) is -0.504. The minimum absolute atomic E-state index is 0.129. The topological polar surface area (TPSA) is 93.7 Å². The first-order chi connectivity index (χ1) is 13.1. The maximum Gasteiger partial charge on any atom is 0.254 e. The zero-order valence-electron chi connectivity index (χ0n) is 15.7. The Hall–Kier alpha value is -2.65. The smallest absolute Gasteiger partial charge is 0.254 e. The van der Waals surface area contributed by atoms with E-state index in [1.165, 1.54) is 0 Å². The Labute approximate surface area is 162 Å². The second kappa shape index (κ2) is 7.40. The quantitative estimate of drug-likeness (QED) is 0.766. The predicted octanol–water partition coefficient (Wildman–Crippen LogP) is 2.52. The molecule has 0 saturated heterocycles. The van der Waals surface area contributed by atoms with Gasteiger partial charge < -0.3 is 14.8 Å². The van der Waals surface area contributed by atoms with Gasteiger partial charge in [0.2, 0.25) is 16.8 Å². The third kappa shape index (κ3) is 3.95. The van der Waals surface area contributed by atoms with Crippen LogP contribution in [0.25, 0.3) is 0 Å². The molecule has 1 aliphatic rings. The molecule has 0 radical (unpaired) electrons. The Bertz CT molecular complexity index is 1020. The molecule has 2 aromatic carbocycles. The van der Waals surface area contributed by atoms with E-state index in [1.807, 2.05) is 0 Å². The lowest BCUT2D eigenvalue weighted by Crippen LogP contribution is -2.41. The van der Waals surface area contributed by atoms with Crippen LogP contribution < -0.4 is 19.5 Å². The molecule has 3 rings (SSSR count). The van der Waals surface area contributed by atoms with Crippen LogP contribution in [-0.4, -0.2) is 27.7 Å². The van der Waals surface area contributed by atoms with Gasteiger partial charge in [0.15, 0.2) is 11.5 Å². The summed E-state index contributed by atoms with van der Waals surface area (Å²) in [5, 5.41) is 2.74. The summed E-state index contributed by atoms with van der Waals surface area (Å²) in [6, 6.07) is 8.36. The number of benzene rings is 2. The number of carbonyl (C=O) groups is 1. The van der Waals surface area contributed by atoms with E-state index < -0.39 is 27.3 Å². The molecule has 0 atom stereocenters. The lowest BCUT2D eigenvalue weighted by Gasteiger charge is -2.27. The molecule has 9 heteroatoms. The van der Waals surface area contributed by atoms with Crippen molar-refractivity contribution in [1.82, 2.24) is 10.0 Å². The molecule has 0 aromatic heterocycles. The van der Waals surface area contributed by atoms with Crippen LogP contribution in [0.3, 0.4) is 0 Å². The Morgan fingerprint density at radius 3 is 2.57 bits per heavy atom. The van der Waals surface area contributed by atoms with Crippen molar-refractivity contribution < 1.29 is 27.1 Å². The molecular formula is C19H21FN2O5S. The summed E-state index contributed by atoms with van der Waals surface area (Å²) < 4.78 is 51.5. The van der Waals surface area contributed by atoms with Crippen LogP contribution in [0.1, 0.15) is 36.7 Å². The highest BCUT2D eigenvalue weighted by molar-refractivity contribution is 7.89. The summed E-state index contributed by atoms with van der Waals surface area (Å²) in [6.45, 7) is 5.43. The van der Waals surface area contributed by atoms with E-state index in [4.69, 9.17) is 9.47 Å². The Morgan fingerprint density at radius 1 is 1.14 bits per heavy atom. The lowest BCUT2D eigenvalue weighted by molar-refractivity contribution is 0.0907. The van der Waals surface area contributed by atoms with Gasteiger partial charge >= 0.3 is 0 Å². The molecule has 7 nitrogen and oxygen atoms in total. The molecule has 1 amide bonds. The Balaban J connectivity index is 1.88. The highest BCUT2D eigenvalue weighted by Crippen LogP contribution is 2.35. The first-order valence-corrected chi connectivity index (χ1v) is 10.1. The standard InChI is InChI=1S/C19H21FN2O5S/c1-4-21-28(24,25)13-6-7-15(20)14(10-13)18(23)22-19(2,3)12-5-8-16-17(9-12)27-11-26-16/h5-10,21H,4,11H2,1-3H3,(H,22,23). The molecule has 0 saturated carbocycles. The molecule has 0 unspecified atom stereocenters. The van der Waals surface area contributed by atoms with E-state index in [0.29, 0.717) is 11.5 Å². The van der Waals surface area contributed by atoms with Crippen molar-refractivity contribution in [1.29, 1.82) is 0 Å². The maximum absolute atomic E-state index is 14.2. The Morgan fingerprint density at radius 2 is 1.86 bits per heavy atom. The molecule has 28 heavy (non-hydrogen) atoms. The number of nitrogens with one attached hydrogen (secondary N) is 2. The second-order valence-electron chi connectivity index (χ2n) is 6.79. The summed E-state index contributed by atoms with van der Waals surface area (Å²) in [4.78, 5) is 12.5. The number of carbonyl (C=O) groups excluding carboxylic acids is 1. The van der Waals surface area contributed by atoms with Crippen LogP contribution >= 0.6 is 0 Å². The lowest BCUT2D eigenvalue weighted by atomic mass is 9.93. The summed E-state index contributed by atoms with van der Waals surface area (Å²) in [5.74, 6) is -0.369. The van der Waals surface area contributed by atoms with Crippen molar-refractivity contribution in [3.8, 4) is 11.5 Å². The summed E-state index contributed by atoms with van der Waals surface area (Å²) in [6.07, 6.45) is 0. The number of ether oxygens (including phenoxy) is 2. The SMILES string of the molecule is CCNS(=O)(=O)c1ccc(F)c(C(=O)NC(C)(C)c2ccc3c(c2)OCO3)c1. The number of hydrogen-bond donors (Lipinski definition) is 2. The van der Waals surface area contributed by atoms with E-state index >= 15 is 0 Å². The third-order valence-corrected chi connectivity index (χ3v) is 5.89. The second-order valence-corrected chi connectivity index (χ2v) is 8.56. The zero-order chi connectivity index (χ0) is 20.5. The van der Waals surface area contributed by atoms with E-state index in [1.54, 1.807) is 39.0 Å². The van der Waals surface area contributed by atoms with Crippen molar-refractivity contribution in [3.05, 3.63) is 53.3 Å². The van der Waals surface area contributed by atoms with Gasteiger partial charge in [0.25, 0.3) is 5.91 Å². The van der Waals surface area contributed by atoms with Crippen LogP contribution in [0.4, 0.5) is 4.39 Å². The van der Waals surface area contributed by atoms with Gasteiger partial charge in [-0.25, -0.2) is 17.5 Å². The average Bonchev–Trinajstić information content (AvgIpc) is 3.09. The van der Waals surface area contributed by atoms with Crippen LogP contribution in [-0.2, 0) is 15.6 Å². The fraction of sp³-hybridized carbons (Fsp3) is 0.316. The molecule has 0 bridgehead atoms. The zero-order valence-corrected chi connectivity index (χ0v) is 16.5. The third-order valence-electron chi connectivity index (χ3n) is 4.35. The molecule has 0 fully saturated rings. The minimum atomic E-state index is -3.81. The van der Waals surface area contributed by atoms with Gasteiger partial charge in [-0.3, -0.25) is 4.79 Å². The van der Waals surface area contributed by atoms with Crippen molar-refractivity contribution in [3.63, 3.8) is 0 Å². The molecule has 1 aliphatic heterocycles. The average molecular weight is 408 g/mol. The summed E-state index contributed by atoms with van der Waals surface area (Å²) in [7, 11) is -3.81. The van der Waals surface area contributed by atoms with E-state index in [0.717, 1.165) is 23.8 Å². The minimum Gasteiger partial charge on any atom is -0.454 e. The number of hydrogen-bond acceptors (Lipinski definition) is 5.